The Bertz CT molecular complexity index is 999. The van der Waals surface area contributed by atoms with Crippen LogP contribution in [-0.2, 0) is 36.8 Å². The first-order valence-electron chi connectivity index (χ1n) is 12.4. The summed E-state index contributed by atoms with van der Waals surface area (Å²) in [5.41, 5.74) is 10.7. The van der Waals surface area contributed by atoms with E-state index >= 15 is 0 Å². The second-order valence-corrected chi connectivity index (χ2v) is 9.15. The van der Waals surface area contributed by atoms with Crippen molar-refractivity contribution in [3.63, 3.8) is 0 Å². The predicted molar refractivity (Wildman–Crippen MR) is 140 cm³/mol. The van der Waals surface area contributed by atoms with Gasteiger partial charge in [0.05, 0.1) is 27.4 Å². The minimum Gasteiger partial charge on any atom is -0.496 e. The molecule has 0 saturated heterocycles. The molecule has 0 amide bonds. The molecule has 0 aromatic heterocycles. The first-order valence-corrected chi connectivity index (χ1v) is 12.4. The topological polar surface area (TPSA) is 116 Å². The summed E-state index contributed by atoms with van der Waals surface area (Å²) < 4.78 is 32.5. The summed E-state index contributed by atoms with van der Waals surface area (Å²) in [7, 11) is 4.60. The second-order valence-electron chi connectivity index (χ2n) is 9.15. The van der Waals surface area contributed by atoms with Crippen LogP contribution in [0.3, 0.4) is 0 Å². The lowest BCUT2D eigenvalue weighted by Crippen LogP contribution is -2.13. The Morgan fingerprint density at radius 2 is 1.76 bits per heavy atom. The average Bonchev–Trinajstić information content (AvgIpc) is 3.25. The van der Waals surface area contributed by atoms with E-state index in [2.05, 4.69) is 6.08 Å². The van der Waals surface area contributed by atoms with Crippen LogP contribution in [0.4, 0.5) is 0 Å². The van der Waals surface area contributed by atoms with Crippen molar-refractivity contribution in [1.82, 2.24) is 0 Å². The van der Waals surface area contributed by atoms with E-state index in [0.29, 0.717) is 56.1 Å². The number of hydrogen-bond donors (Lipinski definition) is 1. The van der Waals surface area contributed by atoms with Gasteiger partial charge in [0, 0.05) is 31.2 Å². The molecular formula is C28H41NO8. The highest BCUT2D eigenvalue weighted by molar-refractivity contribution is 5.98. The van der Waals surface area contributed by atoms with Crippen molar-refractivity contribution in [3.05, 3.63) is 45.6 Å². The standard InChI is InChI=1S/C28H41NO8/c1-18(13-21(15-24(30)33-5)14-19(2)9-10-29)7-8-22-26(34-6)20(3)23-16-36-28(31)25(23)27(22)37-17-35-12-11-32-4/h7,9,21H,8,10-17,29H2,1-6H3/b18-7+,19-9+. The van der Waals surface area contributed by atoms with E-state index in [1.807, 2.05) is 26.8 Å². The summed E-state index contributed by atoms with van der Waals surface area (Å²) in [4.78, 5) is 24.6. The van der Waals surface area contributed by atoms with Gasteiger partial charge in [-0.25, -0.2) is 4.79 Å². The van der Waals surface area contributed by atoms with Crippen LogP contribution in [0.1, 0.15) is 60.2 Å². The number of carbonyl (C=O) groups is 2. The number of methoxy groups -OCH3 is 3. The zero-order valence-corrected chi connectivity index (χ0v) is 22.9. The maximum atomic E-state index is 12.6. The molecule has 1 heterocycles. The highest BCUT2D eigenvalue weighted by Gasteiger charge is 2.33. The molecule has 0 bridgehead atoms. The zero-order chi connectivity index (χ0) is 27.4. The highest BCUT2D eigenvalue weighted by Crippen LogP contribution is 2.43. The highest BCUT2D eigenvalue weighted by atomic mass is 16.7. The van der Waals surface area contributed by atoms with E-state index in [0.717, 1.165) is 34.3 Å². The van der Waals surface area contributed by atoms with Gasteiger partial charge in [0.15, 0.2) is 6.79 Å². The molecular weight excluding hydrogens is 478 g/mol. The summed E-state index contributed by atoms with van der Waals surface area (Å²) in [5, 5.41) is 0. The van der Waals surface area contributed by atoms with Gasteiger partial charge in [-0.1, -0.05) is 23.3 Å². The number of hydrogen-bond acceptors (Lipinski definition) is 9. The Labute approximate surface area is 219 Å². The van der Waals surface area contributed by atoms with Crippen LogP contribution in [0.2, 0.25) is 0 Å². The smallest absolute Gasteiger partial charge is 0.342 e. The fourth-order valence-electron chi connectivity index (χ4n) is 4.56. The van der Waals surface area contributed by atoms with Crippen LogP contribution >= 0.6 is 0 Å². The summed E-state index contributed by atoms with van der Waals surface area (Å²) in [6.45, 7) is 7.35. The van der Waals surface area contributed by atoms with Gasteiger partial charge in [-0.05, 0) is 51.5 Å². The van der Waals surface area contributed by atoms with Crippen LogP contribution in [-0.4, -0.2) is 59.8 Å². The van der Waals surface area contributed by atoms with Crippen molar-refractivity contribution in [2.75, 3.05) is 47.9 Å². The largest absolute Gasteiger partial charge is 0.496 e. The van der Waals surface area contributed by atoms with Crippen molar-refractivity contribution in [2.24, 2.45) is 11.7 Å². The van der Waals surface area contributed by atoms with Crippen LogP contribution < -0.4 is 15.2 Å². The molecule has 37 heavy (non-hydrogen) atoms. The van der Waals surface area contributed by atoms with Crippen molar-refractivity contribution >= 4 is 11.9 Å². The molecule has 0 radical (unpaired) electrons. The van der Waals surface area contributed by atoms with Crippen LogP contribution in [0, 0.1) is 12.8 Å². The SMILES string of the molecule is COCCOCOc1c(C/C=C(\C)CC(CC(=O)OC)C/C(C)=C/CN)c(OC)c(C)c2c1C(=O)OC2. The number of esters is 2. The summed E-state index contributed by atoms with van der Waals surface area (Å²) in [6.07, 6.45) is 6.28. The van der Waals surface area contributed by atoms with Crippen LogP contribution in [0.25, 0.3) is 0 Å². The number of cyclic esters (lactones) is 1. The number of carbonyl (C=O) groups excluding carboxylic acids is 2. The molecule has 0 aliphatic carbocycles. The number of allylic oxidation sites excluding steroid dienone is 3. The lowest BCUT2D eigenvalue weighted by atomic mass is 9.89. The number of rotatable bonds is 16. The lowest BCUT2D eigenvalue weighted by molar-refractivity contribution is -0.141. The van der Waals surface area contributed by atoms with Gasteiger partial charge in [-0.15, -0.1) is 0 Å². The predicted octanol–water partition coefficient (Wildman–Crippen LogP) is 4.03. The van der Waals surface area contributed by atoms with Crippen LogP contribution in [0.15, 0.2) is 23.3 Å². The lowest BCUT2D eigenvalue weighted by Gasteiger charge is -2.20. The molecule has 2 rings (SSSR count). The van der Waals surface area contributed by atoms with E-state index in [-0.39, 0.29) is 25.3 Å². The molecule has 1 aromatic rings. The average molecular weight is 520 g/mol. The summed E-state index contributed by atoms with van der Waals surface area (Å²) in [5.74, 6) is 0.483. The van der Waals surface area contributed by atoms with Gasteiger partial charge >= 0.3 is 11.9 Å². The molecule has 1 unspecified atom stereocenters. The van der Waals surface area contributed by atoms with Gasteiger partial charge in [-0.2, -0.15) is 0 Å². The third kappa shape index (κ3) is 8.59. The summed E-state index contributed by atoms with van der Waals surface area (Å²) >= 11 is 0. The quantitative estimate of drug-likeness (QED) is 0.150. The monoisotopic (exact) mass is 519 g/mol. The first-order chi connectivity index (χ1) is 17.8. The van der Waals surface area contributed by atoms with E-state index in [9.17, 15) is 9.59 Å². The maximum Gasteiger partial charge on any atom is 0.342 e. The van der Waals surface area contributed by atoms with Crippen molar-refractivity contribution in [1.29, 1.82) is 0 Å². The van der Waals surface area contributed by atoms with Gasteiger partial charge < -0.3 is 34.2 Å². The minimum atomic E-state index is -0.421. The third-order valence-electron chi connectivity index (χ3n) is 6.37. The molecule has 0 spiro atoms. The van der Waals surface area contributed by atoms with E-state index in [4.69, 9.17) is 34.2 Å². The Morgan fingerprint density at radius 3 is 2.38 bits per heavy atom. The van der Waals surface area contributed by atoms with Crippen molar-refractivity contribution in [3.8, 4) is 11.5 Å². The Kier molecular flexibility index (Phi) is 12.6. The van der Waals surface area contributed by atoms with Gasteiger partial charge in [0.25, 0.3) is 0 Å². The van der Waals surface area contributed by atoms with Crippen LogP contribution in [0.5, 0.6) is 11.5 Å². The molecule has 0 fully saturated rings. The molecule has 0 saturated carbocycles. The van der Waals surface area contributed by atoms with E-state index in [1.165, 1.54) is 7.11 Å². The molecule has 2 N–H and O–H groups in total. The molecule has 9 heteroatoms. The van der Waals surface area contributed by atoms with E-state index < -0.39 is 5.97 Å². The Hall–Kier alpha value is -2.88. The third-order valence-corrected chi connectivity index (χ3v) is 6.37. The van der Waals surface area contributed by atoms with E-state index in [1.54, 1.807) is 14.2 Å². The van der Waals surface area contributed by atoms with Gasteiger partial charge in [0.1, 0.15) is 23.7 Å². The molecule has 206 valence electrons. The number of nitrogens with two attached hydrogens (primary N) is 1. The number of fused-ring (bicyclic) bond motifs is 1. The van der Waals surface area contributed by atoms with Crippen molar-refractivity contribution in [2.45, 2.75) is 53.1 Å². The molecule has 1 aliphatic heterocycles. The Balaban J connectivity index is 2.34. The maximum absolute atomic E-state index is 12.6. The minimum absolute atomic E-state index is 0.0427. The molecule has 1 aliphatic rings. The Morgan fingerprint density at radius 1 is 1.05 bits per heavy atom. The van der Waals surface area contributed by atoms with Gasteiger partial charge in [0.2, 0.25) is 0 Å². The molecule has 1 atom stereocenters. The molecule has 1 aromatic carbocycles. The fraction of sp³-hybridized carbons (Fsp3) is 0.571. The normalized spacial score (nSPS) is 14.3. The second kappa shape index (κ2) is 15.4. The van der Waals surface area contributed by atoms with Crippen molar-refractivity contribution < 1.29 is 38.0 Å². The van der Waals surface area contributed by atoms with Gasteiger partial charge in [-0.3, -0.25) is 4.79 Å². The number of ether oxygens (including phenoxy) is 6. The number of benzene rings is 1. The zero-order valence-electron chi connectivity index (χ0n) is 22.9. The first kappa shape index (κ1) is 30.3. The molecule has 9 nitrogen and oxygen atoms in total. The summed E-state index contributed by atoms with van der Waals surface area (Å²) in [6, 6.07) is 0. The fourth-order valence-corrected chi connectivity index (χ4v) is 4.56.